The first-order valence-corrected chi connectivity index (χ1v) is 2.39. The summed E-state index contributed by atoms with van der Waals surface area (Å²) in [7, 11) is 0. The first-order valence-electron chi connectivity index (χ1n) is 2.39. The van der Waals surface area contributed by atoms with Crippen LogP contribution in [0.4, 0.5) is 0 Å². The molecule has 0 fully saturated rings. The van der Waals surface area contributed by atoms with Gasteiger partial charge in [0.05, 0.1) is 6.21 Å². The van der Waals surface area contributed by atoms with Gasteiger partial charge in [-0.25, -0.2) is 0 Å². The van der Waals surface area contributed by atoms with Crippen molar-refractivity contribution in [2.75, 3.05) is 0 Å². The predicted molar refractivity (Wildman–Crippen MR) is 31.5 cm³/mol. The van der Waals surface area contributed by atoms with Crippen molar-refractivity contribution in [1.29, 1.82) is 5.41 Å². The van der Waals surface area contributed by atoms with Crippen molar-refractivity contribution in [3.8, 4) is 11.8 Å². The average Bonchev–Trinajstić information content (AvgIpc) is 1.69. The van der Waals surface area contributed by atoms with Gasteiger partial charge in [0.1, 0.15) is 0 Å². The molecule has 0 heterocycles. The van der Waals surface area contributed by atoms with Crippen molar-refractivity contribution in [1.82, 2.24) is 0 Å². The molecule has 1 nitrogen and oxygen atoms in total. The van der Waals surface area contributed by atoms with Gasteiger partial charge in [0.2, 0.25) is 0 Å². The average molecular weight is 95.1 g/mol. The van der Waals surface area contributed by atoms with Gasteiger partial charge in [0.25, 0.3) is 0 Å². The highest BCUT2D eigenvalue weighted by atomic mass is 14.3. The summed E-state index contributed by atoms with van der Waals surface area (Å²) in [4.78, 5) is 0. The highest BCUT2D eigenvalue weighted by Gasteiger charge is 1.64. The lowest BCUT2D eigenvalue weighted by molar-refractivity contribution is 0.984. The van der Waals surface area contributed by atoms with Crippen LogP contribution in [0.25, 0.3) is 0 Å². The molecule has 0 aromatic carbocycles. The van der Waals surface area contributed by atoms with E-state index in [1.165, 1.54) is 0 Å². The number of hydrogen-bond donors (Lipinski definition) is 1. The minimum Gasteiger partial charge on any atom is -0.300 e. The van der Waals surface area contributed by atoms with Gasteiger partial charge in [0.15, 0.2) is 0 Å². The van der Waals surface area contributed by atoms with Crippen molar-refractivity contribution in [3.63, 3.8) is 0 Å². The summed E-state index contributed by atoms with van der Waals surface area (Å²) in [6.45, 7) is 2.07. The topological polar surface area (TPSA) is 23.9 Å². The minimum atomic E-state index is 0.912. The molecular formula is C6H9N. The monoisotopic (exact) mass is 95.1 g/mol. The molecule has 0 saturated heterocycles. The molecule has 0 saturated carbocycles. The van der Waals surface area contributed by atoms with Gasteiger partial charge in [-0.15, -0.1) is 0 Å². The van der Waals surface area contributed by atoms with Crippen LogP contribution in [0.3, 0.4) is 0 Å². The fourth-order valence-corrected chi connectivity index (χ4v) is 0.248. The maximum absolute atomic E-state index is 6.48. The molecule has 0 unspecified atom stereocenters. The third-order valence-electron chi connectivity index (χ3n) is 0.549. The van der Waals surface area contributed by atoms with Gasteiger partial charge in [-0.2, -0.15) is 0 Å². The Hall–Kier alpha value is -0.770. The molecule has 0 aromatic heterocycles. The summed E-state index contributed by atoms with van der Waals surface area (Å²) < 4.78 is 0. The molecule has 0 aliphatic carbocycles. The van der Waals surface area contributed by atoms with E-state index < -0.39 is 0 Å². The van der Waals surface area contributed by atoms with Crippen molar-refractivity contribution in [2.45, 2.75) is 19.8 Å². The first-order chi connectivity index (χ1) is 3.41. The van der Waals surface area contributed by atoms with Gasteiger partial charge >= 0.3 is 0 Å². The standard InChI is InChI=1S/C6H9N/c1-2-3-4-5-6-7/h6-7H,2-3H2,1H3. The summed E-state index contributed by atoms with van der Waals surface area (Å²) in [5.74, 6) is 5.33. The molecule has 0 atom stereocenters. The molecule has 0 aliphatic rings. The predicted octanol–water partition coefficient (Wildman–Crippen LogP) is 1.44. The quantitative estimate of drug-likeness (QED) is 0.376. The summed E-state index contributed by atoms with van der Waals surface area (Å²) in [5, 5.41) is 6.48. The fourth-order valence-electron chi connectivity index (χ4n) is 0.248. The summed E-state index contributed by atoms with van der Waals surface area (Å²) in [5.41, 5.74) is 0. The van der Waals surface area contributed by atoms with E-state index in [-0.39, 0.29) is 0 Å². The van der Waals surface area contributed by atoms with Crippen molar-refractivity contribution in [3.05, 3.63) is 0 Å². The van der Waals surface area contributed by atoms with E-state index in [9.17, 15) is 0 Å². The van der Waals surface area contributed by atoms with E-state index in [0.29, 0.717) is 0 Å². The summed E-state index contributed by atoms with van der Waals surface area (Å²) >= 11 is 0. The lowest BCUT2D eigenvalue weighted by Gasteiger charge is -1.72. The lowest BCUT2D eigenvalue weighted by Crippen LogP contribution is -1.61. The number of unbranched alkanes of at least 4 members (excludes halogenated alkanes) is 1. The first kappa shape index (κ1) is 6.23. The zero-order valence-corrected chi connectivity index (χ0v) is 4.49. The molecular weight excluding hydrogens is 86.1 g/mol. The smallest absolute Gasteiger partial charge is 0.0676 e. The van der Waals surface area contributed by atoms with Crippen molar-refractivity contribution in [2.24, 2.45) is 0 Å². The molecule has 0 aromatic rings. The number of rotatable bonds is 1. The zero-order valence-electron chi connectivity index (χ0n) is 4.49. The molecule has 1 N–H and O–H groups in total. The Balaban J connectivity index is 3.07. The van der Waals surface area contributed by atoms with Crippen LogP contribution in [0, 0.1) is 17.3 Å². The van der Waals surface area contributed by atoms with Crippen LogP contribution >= 0.6 is 0 Å². The van der Waals surface area contributed by atoms with Crippen molar-refractivity contribution < 1.29 is 0 Å². The molecule has 0 spiro atoms. The maximum atomic E-state index is 6.48. The maximum Gasteiger partial charge on any atom is 0.0676 e. The Morgan fingerprint density at radius 3 is 2.86 bits per heavy atom. The Labute approximate surface area is 44.2 Å². The summed E-state index contributed by atoms with van der Waals surface area (Å²) in [6.07, 6.45) is 3.12. The second kappa shape index (κ2) is 5.23. The summed E-state index contributed by atoms with van der Waals surface area (Å²) in [6, 6.07) is 0. The van der Waals surface area contributed by atoms with Crippen LogP contribution in [0.1, 0.15) is 19.8 Å². The Morgan fingerprint density at radius 1 is 1.71 bits per heavy atom. The molecule has 0 rings (SSSR count). The zero-order chi connectivity index (χ0) is 5.54. The van der Waals surface area contributed by atoms with Gasteiger partial charge in [-0.1, -0.05) is 18.8 Å². The van der Waals surface area contributed by atoms with E-state index in [0.717, 1.165) is 19.1 Å². The molecule has 0 amide bonds. The lowest BCUT2D eigenvalue weighted by atomic mass is 10.3. The van der Waals surface area contributed by atoms with Crippen LogP contribution in [0.15, 0.2) is 0 Å². The minimum absolute atomic E-state index is 0.912. The van der Waals surface area contributed by atoms with E-state index in [2.05, 4.69) is 18.8 Å². The largest absolute Gasteiger partial charge is 0.300 e. The molecule has 38 valence electrons. The normalized spacial score (nSPS) is 6.43. The molecule has 1 heteroatoms. The Morgan fingerprint density at radius 2 is 2.43 bits per heavy atom. The third-order valence-corrected chi connectivity index (χ3v) is 0.549. The van der Waals surface area contributed by atoms with Crippen LogP contribution < -0.4 is 0 Å². The van der Waals surface area contributed by atoms with Crippen LogP contribution in [0.2, 0.25) is 0 Å². The Bertz CT molecular complexity index is 94.5. The van der Waals surface area contributed by atoms with Crippen LogP contribution in [-0.2, 0) is 0 Å². The van der Waals surface area contributed by atoms with Crippen molar-refractivity contribution >= 4 is 6.21 Å². The van der Waals surface area contributed by atoms with Gasteiger partial charge in [0, 0.05) is 6.42 Å². The van der Waals surface area contributed by atoms with Crippen LogP contribution in [0.5, 0.6) is 0 Å². The highest BCUT2D eigenvalue weighted by Crippen LogP contribution is 1.78. The van der Waals surface area contributed by atoms with Gasteiger partial charge in [-0.05, 0) is 6.42 Å². The SMILES string of the molecule is CCCC#CC=N. The second-order valence-electron chi connectivity index (χ2n) is 1.22. The van der Waals surface area contributed by atoms with E-state index >= 15 is 0 Å². The van der Waals surface area contributed by atoms with Gasteiger partial charge in [-0.3, -0.25) is 5.41 Å². The number of hydrogen-bond acceptors (Lipinski definition) is 1. The highest BCUT2D eigenvalue weighted by molar-refractivity contribution is 5.74. The van der Waals surface area contributed by atoms with Gasteiger partial charge < -0.3 is 0 Å². The third kappa shape index (κ3) is 5.23. The molecule has 7 heavy (non-hydrogen) atoms. The van der Waals surface area contributed by atoms with E-state index in [1.54, 1.807) is 0 Å². The van der Waals surface area contributed by atoms with Crippen LogP contribution in [-0.4, -0.2) is 6.21 Å². The van der Waals surface area contributed by atoms with E-state index in [4.69, 9.17) is 5.41 Å². The molecule has 0 bridgehead atoms. The fraction of sp³-hybridized carbons (Fsp3) is 0.500. The Kier molecular flexibility index (Phi) is 4.65. The second-order valence-corrected chi connectivity index (χ2v) is 1.22. The molecule has 0 aliphatic heterocycles. The van der Waals surface area contributed by atoms with E-state index in [1.807, 2.05) is 0 Å². The number of nitrogens with one attached hydrogen (secondary N) is 1. The molecule has 0 radical (unpaired) electrons.